The van der Waals surface area contributed by atoms with Crippen molar-refractivity contribution in [2.24, 2.45) is 5.92 Å². The average molecular weight is 258 g/mol. The number of benzene rings is 1. The molecule has 1 fully saturated rings. The minimum absolute atomic E-state index is 0. The van der Waals surface area contributed by atoms with Crippen molar-refractivity contribution < 1.29 is 61.6 Å². The molecule has 88 valence electrons. The van der Waals surface area contributed by atoms with Gasteiger partial charge < -0.3 is 10.2 Å². The molecule has 0 radical (unpaired) electrons. The molecule has 1 saturated carbocycles. The Morgan fingerprint density at radius 3 is 2.41 bits per heavy atom. The molecule has 1 aromatic carbocycles. The van der Waals surface area contributed by atoms with Crippen LogP contribution in [-0.2, 0) is 5.60 Å². The molecule has 1 aliphatic carbocycles. The monoisotopic (exact) mass is 258 g/mol. The molecule has 0 spiro atoms. The number of para-hydroxylation sites is 1. The van der Waals surface area contributed by atoms with Crippen LogP contribution in [0.4, 0.5) is 0 Å². The smallest absolute Gasteiger partial charge is 0.872 e. The van der Waals surface area contributed by atoms with Crippen molar-refractivity contribution in [2.75, 3.05) is 0 Å². The standard InChI is InChI=1S/C14H20O2.K/c1-9(10-7-8-10)11-5-4-6-12(13(11)15)14(2,3)16;/h4-6,9-10,15-16H,7-8H2,1-3H3;/q;+1/p-1. The van der Waals surface area contributed by atoms with Crippen molar-refractivity contribution >= 4 is 0 Å². The van der Waals surface area contributed by atoms with E-state index in [0.717, 1.165) is 5.56 Å². The normalized spacial score (nSPS) is 17.4. The van der Waals surface area contributed by atoms with Crippen LogP contribution in [0.5, 0.6) is 5.75 Å². The van der Waals surface area contributed by atoms with Gasteiger partial charge in [-0.15, -0.1) is 0 Å². The third kappa shape index (κ3) is 3.55. The Labute approximate surface area is 146 Å². The average Bonchev–Trinajstić information content (AvgIpc) is 2.98. The van der Waals surface area contributed by atoms with E-state index in [2.05, 4.69) is 6.92 Å². The summed E-state index contributed by atoms with van der Waals surface area (Å²) in [5.41, 5.74) is 0.329. The van der Waals surface area contributed by atoms with E-state index >= 15 is 0 Å². The Hall–Kier alpha value is 0.616. The van der Waals surface area contributed by atoms with Gasteiger partial charge in [-0.2, -0.15) is 0 Å². The molecule has 1 unspecified atom stereocenters. The first-order valence-corrected chi connectivity index (χ1v) is 5.94. The van der Waals surface area contributed by atoms with Gasteiger partial charge in [0.15, 0.2) is 0 Å². The molecule has 0 bridgehead atoms. The van der Waals surface area contributed by atoms with Crippen LogP contribution in [0, 0.1) is 5.92 Å². The summed E-state index contributed by atoms with van der Waals surface area (Å²) in [6.07, 6.45) is 2.46. The third-order valence-corrected chi connectivity index (χ3v) is 3.52. The van der Waals surface area contributed by atoms with Crippen molar-refractivity contribution in [2.45, 2.75) is 45.1 Å². The minimum Gasteiger partial charge on any atom is -0.872 e. The van der Waals surface area contributed by atoms with Gasteiger partial charge in [-0.1, -0.05) is 36.4 Å². The topological polar surface area (TPSA) is 43.3 Å². The van der Waals surface area contributed by atoms with Crippen molar-refractivity contribution in [3.8, 4) is 5.75 Å². The van der Waals surface area contributed by atoms with Gasteiger partial charge in [0.2, 0.25) is 0 Å². The van der Waals surface area contributed by atoms with E-state index in [9.17, 15) is 10.2 Å². The fourth-order valence-corrected chi connectivity index (χ4v) is 2.25. The second-order valence-corrected chi connectivity index (χ2v) is 5.41. The van der Waals surface area contributed by atoms with Gasteiger partial charge in [-0.3, -0.25) is 0 Å². The van der Waals surface area contributed by atoms with Gasteiger partial charge in [-0.25, -0.2) is 0 Å². The van der Waals surface area contributed by atoms with E-state index in [0.29, 0.717) is 17.4 Å². The fourth-order valence-electron chi connectivity index (χ4n) is 2.25. The predicted octanol–water partition coefficient (Wildman–Crippen LogP) is -0.495. The summed E-state index contributed by atoms with van der Waals surface area (Å²) in [4.78, 5) is 0. The van der Waals surface area contributed by atoms with Gasteiger partial charge in [-0.05, 0) is 44.1 Å². The first-order chi connectivity index (χ1) is 7.41. The van der Waals surface area contributed by atoms with Crippen molar-refractivity contribution in [1.82, 2.24) is 0 Å². The van der Waals surface area contributed by atoms with Gasteiger partial charge in [0, 0.05) is 0 Å². The van der Waals surface area contributed by atoms with Gasteiger partial charge in [0.25, 0.3) is 0 Å². The van der Waals surface area contributed by atoms with E-state index in [-0.39, 0.29) is 57.1 Å². The molecule has 0 amide bonds. The van der Waals surface area contributed by atoms with Crippen LogP contribution < -0.4 is 56.5 Å². The molecule has 2 nitrogen and oxygen atoms in total. The largest absolute Gasteiger partial charge is 1.00 e. The molecule has 1 N–H and O–H groups in total. The van der Waals surface area contributed by atoms with Gasteiger partial charge in [0.05, 0.1) is 5.60 Å². The molecule has 0 aliphatic heterocycles. The summed E-state index contributed by atoms with van der Waals surface area (Å²) in [7, 11) is 0. The van der Waals surface area contributed by atoms with Crippen LogP contribution in [-0.4, -0.2) is 5.11 Å². The molecular weight excluding hydrogens is 239 g/mol. The van der Waals surface area contributed by atoms with E-state index in [4.69, 9.17) is 0 Å². The van der Waals surface area contributed by atoms with Crippen LogP contribution in [0.15, 0.2) is 18.2 Å². The van der Waals surface area contributed by atoms with E-state index in [1.54, 1.807) is 19.9 Å². The number of hydrogen-bond acceptors (Lipinski definition) is 2. The summed E-state index contributed by atoms with van der Waals surface area (Å²) < 4.78 is 0. The molecule has 2 rings (SSSR count). The van der Waals surface area contributed by atoms with Crippen LogP contribution >= 0.6 is 0 Å². The van der Waals surface area contributed by atoms with Crippen molar-refractivity contribution in [3.05, 3.63) is 29.3 Å². The summed E-state index contributed by atoms with van der Waals surface area (Å²) in [5.74, 6) is 1.02. The Morgan fingerprint density at radius 2 is 1.94 bits per heavy atom. The molecule has 1 aromatic rings. The second kappa shape index (κ2) is 5.72. The van der Waals surface area contributed by atoms with Crippen molar-refractivity contribution in [1.29, 1.82) is 0 Å². The Bertz CT molecular complexity index is 392. The van der Waals surface area contributed by atoms with Crippen LogP contribution in [0.2, 0.25) is 0 Å². The third-order valence-electron chi connectivity index (χ3n) is 3.52. The zero-order valence-electron chi connectivity index (χ0n) is 11.2. The minimum atomic E-state index is -1.05. The SMILES string of the molecule is CC(c1cccc(C(C)(C)O)c1[O-])C1CC1.[K+]. The molecule has 17 heavy (non-hydrogen) atoms. The number of aliphatic hydroxyl groups is 1. The van der Waals surface area contributed by atoms with E-state index < -0.39 is 5.60 Å². The van der Waals surface area contributed by atoms with E-state index in [1.165, 1.54) is 12.8 Å². The van der Waals surface area contributed by atoms with E-state index in [1.807, 2.05) is 12.1 Å². The Kier molecular flexibility index (Phi) is 5.27. The maximum Gasteiger partial charge on any atom is 1.00 e. The molecule has 0 aromatic heterocycles. The quantitative estimate of drug-likeness (QED) is 0.743. The maximum absolute atomic E-state index is 12.2. The second-order valence-electron chi connectivity index (χ2n) is 5.41. The van der Waals surface area contributed by atoms with Crippen LogP contribution in [0.3, 0.4) is 0 Å². The van der Waals surface area contributed by atoms with Crippen molar-refractivity contribution in [3.63, 3.8) is 0 Å². The molecule has 1 aliphatic rings. The summed E-state index contributed by atoms with van der Waals surface area (Å²) in [6.45, 7) is 5.44. The zero-order chi connectivity index (χ0) is 11.9. The van der Waals surface area contributed by atoms with Gasteiger partial charge in [0.1, 0.15) is 0 Å². The molecule has 1 atom stereocenters. The Morgan fingerprint density at radius 1 is 1.35 bits per heavy atom. The predicted molar refractivity (Wildman–Crippen MR) is 62.3 cm³/mol. The molecule has 0 heterocycles. The Balaban J connectivity index is 0.00000144. The number of hydrogen-bond donors (Lipinski definition) is 1. The zero-order valence-corrected chi connectivity index (χ0v) is 14.3. The fraction of sp³-hybridized carbons (Fsp3) is 0.571. The van der Waals surface area contributed by atoms with Gasteiger partial charge >= 0.3 is 51.4 Å². The number of rotatable bonds is 3. The molecular formula is C14H19KO2. The summed E-state index contributed by atoms with van der Waals surface area (Å²) in [5, 5.41) is 22.2. The summed E-state index contributed by atoms with van der Waals surface area (Å²) in [6, 6.07) is 5.51. The summed E-state index contributed by atoms with van der Waals surface area (Å²) >= 11 is 0. The molecule has 3 heteroatoms. The first kappa shape index (κ1) is 15.7. The maximum atomic E-state index is 12.2. The van der Waals surface area contributed by atoms with Crippen LogP contribution in [0.1, 0.15) is 50.7 Å². The molecule has 0 saturated heterocycles. The van der Waals surface area contributed by atoms with Crippen LogP contribution in [0.25, 0.3) is 0 Å². The first-order valence-electron chi connectivity index (χ1n) is 5.94.